The summed E-state index contributed by atoms with van der Waals surface area (Å²) in [6.45, 7) is 0.857. The quantitative estimate of drug-likeness (QED) is 0.348. The third-order valence-electron chi connectivity index (χ3n) is 4.75. The summed E-state index contributed by atoms with van der Waals surface area (Å²) in [5, 5.41) is 6.08. The molecular formula is C25H21ClN2O3S. The number of rotatable bonds is 8. The number of nitrogens with one attached hydrogen (secondary N) is 1. The molecule has 3 aromatic carbocycles. The van der Waals surface area contributed by atoms with Gasteiger partial charge in [0.2, 0.25) is 0 Å². The molecule has 0 saturated heterocycles. The number of thiazole rings is 1. The van der Waals surface area contributed by atoms with Crippen molar-refractivity contribution in [3.8, 4) is 22.1 Å². The minimum absolute atomic E-state index is 0.203. The summed E-state index contributed by atoms with van der Waals surface area (Å²) in [6, 6.07) is 22.9. The zero-order chi connectivity index (χ0) is 22.3. The first-order chi connectivity index (χ1) is 15.6. The van der Waals surface area contributed by atoms with Crippen molar-refractivity contribution in [1.29, 1.82) is 0 Å². The molecule has 1 amide bonds. The van der Waals surface area contributed by atoms with Gasteiger partial charge in [-0.05, 0) is 41.5 Å². The van der Waals surface area contributed by atoms with Crippen LogP contribution in [0.25, 0.3) is 10.6 Å². The van der Waals surface area contributed by atoms with Crippen LogP contribution < -0.4 is 14.8 Å². The number of benzene rings is 3. The standard InChI is InChI=1S/C25H21ClN2O3S/c1-30-23-13-19(9-12-22(23)31-15-18-7-10-20(26)11-8-18)25-28-21(16-32-25)24(29)27-14-17-5-3-2-4-6-17/h2-13,16H,14-15H2,1H3,(H,27,29). The molecule has 0 saturated carbocycles. The van der Waals surface area contributed by atoms with Gasteiger partial charge in [0.15, 0.2) is 11.5 Å². The van der Waals surface area contributed by atoms with Crippen LogP contribution in [0.15, 0.2) is 78.2 Å². The monoisotopic (exact) mass is 464 g/mol. The van der Waals surface area contributed by atoms with Gasteiger partial charge >= 0.3 is 0 Å². The van der Waals surface area contributed by atoms with Gasteiger partial charge in [-0.25, -0.2) is 4.98 Å². The Kier molecular flexibility index (Phi) is 7.04. The van der Waals surface area contributed by atoms with Gasteiger partial charge in [0, 0.05) is 22.5 Å². The van der Waals surface area contributed by atoms with Crippen molar-refractivity contribution in [2.24, 2.45) is 0 Å². The number of nitrogens with zero attached hydrogens (tertiary/aromatic N) is 1. The smallest absolute Gasteiger partial charge is 0.271 e. The van der Waals surface area contributed by atoms with E-state index in [1.165, 1.54) is 11.3 Å². The normalized spacial score (nSPS) is 10.6. The number of methoxy groups -OCH3 is 1. The molecule has 0 aliphatic heterocycles. The van der Waals surface area contributed by atoms with Crippen molar-refractivity contribution in [3.63, 3.8) is 0 Å². The van der Waals surface area contributed by atoms with E-state index in [-0.39, 0.29) is 5.91 Å². The molecule has 0 aliphatic rings. The fourth-order valence-corrected chi connectivity index (χ4v) is 3.96. The molecule has 5 nitrogen and oxygen atoms in total. The van der Waals surface area contributed by atoms with Gasteiger partial charge in [0.1, 0.15) is 17.3 Å². The zero-order valence-corrected chi connectivity index (χ0v) is 19.0. The van der Waals surface area contributed by atoms with Crippen LogP contribution in [0.3, 0.4) is 0 Å². The van der Waals surface area contributed by atoms with Crippen LogP contribution in [0.2, 0.25) is 5.02 Å². The van der Waals surface area contributed by atoms with E-state index in [0.29, 0.717) is 35.4 Å². The van der Waals surface area contributed by atoms with Crippen molar-refractivity contribution >= 4 is 28.8 Å². The van der Waals surface area contributed by atoms with Gasteiger partial charge in [-0.1, -0.05) is 54.1 Å². The lowest BCUT2D eigenvalue weighted by atomic mass is 10.2. The number of halogens is 1. The fourth-order valence-electron chi connectivity index (χ4n) is 3.04. The minimum atomic E-state index is -0.203. The average Bonchev–Trinajstić information content (AvgIpc) is 3.33. The highest BCUT2D eigenvalue weighted by atomic mass is 35.5. The summed E-state index contributed by atoms with van der Waals surface area (Å²) in [5.41, 5.74) is 3.29. The molecule has 1 N–H and O–H groups in total. The minimum Gasteiger partial charge on any atom is -0.493 e. The Morgan fingerprint density at radius 3 is 2.53 bits per heavy atom. The van der Waals surface area contributed by atoms with Crippen molar-refractivity contribution in [2.75, 3.05) is 7.11 Å². The molecule has 0 atom stereocenters. The Balaban J connectivity index is 1.42. The van der Waals surface area contributed by atoms with E-state index < -0.39 is 0 Å². The zero-order valence-electron chi connectivity index (χ0n) is 17.4. The first-order valence-corrected chi connectivity index (χ1v) is 11.2. The number of hydrogen-bond donors (Lipinski definition) is 1. The van der Waals surface area contributed by atoms with Crippen LogP contribution in [0.5, 0.6) is 11.5 Å². The highest BCUT2D eigenvalue weighted by Crippen LogP contribution is 2.34. The molecule has 1 aromatic heterocycles. The van der Waals surface area contributed by atoms with Gasteiger partial charge in [0.05, 0.1) is 7.11 Å². The SMILES string of the molecule is COc1cc(-c2nc(C(=O)NCc3ccccc3)cs2)ccc1OCc1ccc(Cl)cc1. The van der Waals surface area contributed by atoms with E-state index in [2.05, 4.69) is 10.3 Å². The first kappa shape index (κ1) is 21.9. The molecule has 0 bridgehead atoms. The second kappa shape index (κ2) is 10.3. The van der Waals surface area contributed by atoms with E-state index in [1.54, 1.807) is 12.5 Å². The van der Waals surface area contributed by atoms with Crippen LogP contribution in [0, 0.1) is 0 Å². The molecule has 0 unspecified atom stereocenters. The number of amides is 1. The lowest BCUT2D eigenvalue weighted by molar-refractivity contribution is 0.0946. The Morgan fingerprint density at radius 2 is 1.78 bits per heavy atom. The average molecular weight is 465 g/mol. The van der Waals surface area contributed by atoms with Crippen LogP contribution in [0.4, 0.5) is 0 Å². The van der Waals surface area contributed by atoms with Gasteiger partial charge in [0.25, 0.3) is 5.91 Å². The van der Waals surface area contributed by atoms with Gasteiger partial charge in [-0.2, -0.15) is 0 Å². The largest absolute Gasteiger partial charge is 0.493 e. The number of aromatic nitrogens is 1. The summed E-state index contributed by atoms with van der Waals surface area (Å²) >= 11 is 7.34. The molecular weight excluding hydrogens is 444 g/mol. The van der Waals surface area contributed by atoms with E-state index in [9.17, 15) is 4.79 Å². The first-order valence-electron chi connectivity index (χ1n) is 9.95. The lowest BCUT2D eigenvalue weighted by Gasteiger charge is -2.12. The van der Waals surface area contributed by atoms with Crippen LogP contribution in [-0.2, 0) is 13.2 Å². The summed E-state index contributed by atoms with van der Waals surface area (Å²) in [5.74, 6) is 1.02. The van der Waals surface area contributed by atoms with E-state index >= 15 is 0 Å². The predicted molar refractivity (Wildman–Crippen MR) is 127 cm³/mol. The molecule has 0 spiro atoms. The molecule has 0 aliphatic carbocycles. The molecule has 4 aromatic rings. The van der Waals surface area contributed by atoms with E-state index in [1.807, 2.05) is 72.8 Å². The molecule has 0 fully saturated rings. The summed E-state index contributed by atoms with van der Waals surface area (Å²) in [6.07, 6.45) is 0. The summed E-state index contributed by atoms with van der Waals surface area (Å²) in [7, 11) is 1.60. The van der Waals surface area contributed by atoms with Gasteiger partial charge in [-0.15, -0.1) is 11.3 Å². The Hall–Kier alpha value is -3.35. The summed E-state index contributed by atoms with van der Waals surface area (Å²) in [4.78, 5) is 17.0. The highest BCUT2D eigenvalue weighted by Gasteiger charge is 2.14. The van der Waals surface area contributed by atoms with E-state index in [0.717, 1.165) is 21.7 Å². The maximum absolute atomic E-state index is 12.5. The third-order valence-corrected chi connectivity index (χ3v) is 5.89. The van der Waals surface area contributed by atoms with Crippen LogP contribution in [-0.4, -0.2) is 18.0 Å². The molecule has 32 heavy (non-hydrogen) atoms. The molecule has 1 heterocycles. The Labute approximate surface area is 195 Å². The third kappa shape index (κ3) is 5.46. The molecule has 0 radical (unpaired) electrons. The maximum atomic E-state index is 12.5. The van der Waals surface area contributed by atoms with Crippen molar-refractivity contribution in [3.05, 3.63) is 100 Å². The van der Waals surface area contributed by atoms with Crippen LogP contribution in [0.1, 0.15) is 21.6 Å². The topological polar surface area (TPSA) is 60.5 Å². The number of carbonyl (C=O) groups excluding carboxylic acids is 1. The predicted octanol–water partition coefficient (Wildman–Crippen LogP) is 5.98. The summed E-state index contributed by atoms with van der Waals surface area (Å²) < 4.78 is 11.4. The van der Waals surface area contributed by atoms with Crippen LogP contribution >= 0.6 is 22.9 Å². The molecule has 7 heteroatoms. The van der Waals surface area contributed by atoms with Crippen molar-refractivity contribution < 1.29 is 14.3 Å². The molecule has 162 valence electrons. The second-order valence-electron chi connectivity index (χ2n) is 6.99. The lowest BCUT2D eigenvalue weighted by Crippen LogP contribution is -2.23. The second-order valence-corrected chi connectivity index (χ2v) is 8.28. The Morgan fingerprint density at radius 1 is 1.00 bits per heavy atom. The molecule has 4 rings (SSSR count). The number of hydrogen-bond acceptors (Lipinski definition) is 5. The number of carbonyl (C=O) groups is 1. The van der Waals surface area contributed by atoms with Gasteiger partial charge < -0.3 is 14.8 Å². The van der Waals surface area contributed by atoms with Crippen molar-refractivity contribution in [1.82, 2.24) is 10.3 Å². The van der Waals surface area contributed by atoms with Crippen molar-refractivity contribution in [2.45, 2.75) is 13.2 Å². The fraction of sp³-hybridized carbons (Fsp3) is 0.120. The van der Waals surface area contributed by atoms with E-state index in [4.69, 9.17) is 21.1 Å². The highest BCUT2D eigenvalue weighted by molar-refractivity contribution is 7.13. The maximum Gasteiger partial charge on any atom is 0.271 e. The van der Waals surface area contributed by atoms with Gasteiger partial charge in [-0.3, -0.25) is 4.79 Å². The number of ether oxygens (including phenoxy) is 2. The Bertz CT molecular complexity index is 1190.